The van der Waals surface area contributed by atoms with Gasteiger partial charge in [-0.2, -0.15) is 0 Å². The van der Waals surface area contributed by atoms with Crippen LogP contribution in [0.15, 0.2) is 24.3 Å². The number of nitrogens with one attached hydrogen (secondary N) is 2. The molecule has 1 heterocycles. The largest absolute Gasteiger partial charge is 0.379 e. The number of hydrogen-bond donors (Lipinski definition) is 2. The van der Waals surface area contributed by atoms with Gasteiger partial charge in [-0.3, -0.25) is 0 Å². The van der Waals surface area contributed by atoms with Crippen LogP contribution in [0.5, 0.6) is 0 Å². The zero-order valence-corrected chi connectivity index (χ0v) is 16.3. The van der Waals surface area contributed by atoms with Gasteiger partial charge < -0.3 is 15.4 Å². The van der Waals surface area contributed by atoms with E-state index in [9.17, 15) is 0 Å². The summed E-state index contributed by atoms with van der Waals surface area (Å²) in [5.74, 6) is 0.691. The summed E-state index contributed by atoms with van der Waals surface area (Å²) in [5.41, 5.74) is 1.44. The molecule has 3 atom stereocenters. The average Bonchev–Trinajstić information content (AvgIpc) is 3.03. The molecule has 1 saturated heterocycles. The van der Waals surface area contributed by atoms with Gasteiger partial charge >= 0.3 is 0 Å². The first-order valence-corrected chi connectivity index (χ1v) is 9.25. The lowest BCUT2D eigenvalue weighted by Gasteiger charge is -2.35. The van der Waals surface area contributed by atoms with Gasteiger partial charge in [0.1, 0.15) is 0 Å². The Morgan fingerprint density at radius 1 is 1.25 bits per heavy atom. The number of morpholine rings is 1. The third-order valence-electron chi connectivity index (χ3n) is 5.47. The highest BCUT2D eigenvalue weighted by Gasteiger charge is 2.35. The number of rotatable bonds is 5. The lowest BCUT2D eigenvalue weighted by atomic mass is 9.84. The van der Waals surface area contributed by atoms with Gasteiger partial charge in [-0.05, 0) is 36.5 Å². The normalized spacial score (nSPS) is 27.7. The Morgan fingerprint density at radius 2 is 2.00 bits per heavy atom. The van der Waals surface area contributed by atoms with Crippen LogP contribution in [0.2, 0.25) is 5.02 Å². The van der Waals surface area contributed by atoms with Crippen molar-refractivity contribution in [2.45, 2.75) is 50.6 Å². The lowest BCUT2D eigenvalue weighted by molar-refractivity contribution is 0.0522. The second kappa shape index (κ2) is 8.86. The van der Waals surface area contributed by atoms with Gasteiger partial charge in [0.25, 0.3) is 0 Å². The van der Waals surface area contributed by atoms with E-state index in [1.807, 2.05) is 12.1 Å². The lowest BCUT2D eigenvalue weighted by Crippen LogP contribution is -2.52. The molecule has 3 rings (SSSR count). The molecular formula is C19H30Cl2N2O. The van der Waals surface area contributed by atoms with Crippen LogP contribution in [0.25, 0.3) is 0 Å². The standard InChI is InChI=1S/C19H29ClN2O.ClH/c1-19(2,14-6-8-15(20)9-7-14)13-22-17-5-3-4-16(17)18-12-23-11-10-21-18;/h6-9,16-18,21-22H,3-5,10-13H2,1-2H3;1H. The van der Waals surface area contributed by atoms with Crippen molar-refractivity contribution < 1.29 is 4.74 Å². The summed E-state index contributed by atoms with van der Waals surface area (Å²) < 4.78 is 5.67. The smallest absolute Gasteiger partial charge is 0.0623 e. The Labute approximate surface area is 157 Å². The summed E-state index contributed by atoms with van der Waals surface area (Å²) in [5, 5.41) is 8.30. The number of benzene rings is 1. The Hall–Kier alpha value is -0.320. The summed E-state index contributed by atoms with van der Waals surface area (Å²) in [6.07, 6.45) is 3.90. The van der Waals surface area contributed by atoms with Crippen LogP contribution in [-0.2, 0) is 10.2 Å². The van der Waals surface area contributed by atoms with Gasteiger partial charge in [0.2, 0.25) is 0 Å². The maximum absolute atomic E-state index is 6.01. The number of hydrogen-bond acceptors (Lipinski definition) is 3. The van der Waals surface area contributed by atoms with Crippen molar-refractivity contribution in [1.29, 1.82) is 0 Å². The summed E-state index contributed by atoms with van der Waals surface area (Å²) >= 11 is 6.01. The molecule has 0 bridgehead atoms. The zero-order chi connectivity index (χ0) is 16.3. The third-order valence-corrected chi connectivity index (χ3v) is 5.72. The van der Waals surface area contributed by atoms with E-state index in [0.29, 0.717) is 18.0 Å². The van der Waals surface area contributed by atoms with Crippen LogP contribution in [-0.4, -0.2) is 38.4 Å². The second-order valence-electron chi connectivity index (χ2n) is 7.61. The molecule has 2 N–H and O–H groups in total. The SMILES string of the molecule is CC(C)(CNC1CCCC1C1COCCN1)c1ccc(Cl)cc1.Cl. The molecular weight excluding hydrogens is 343 g/mol. The number of halogens is 2. The summed E-state index contributed by atoms with van der Waals surface area (Å²) in [7, 11) is 0. The monoisotopic (exact) mass is 372 g/mol. The van der Waals surface area contributed by atoms with E-state index in [4.69, 9.17) is 16.3 Å². The molecule has 3 nitrogen and oxygen atoms in total. The fourth-order valence-electron chi connectivity index (χ4n) is 3.97. The summed E-state index contributed by atoms with van der Waals surface area (Å²) in [6.45, 7) is 8.30. The molecule has 1 aliphatic carbocycles. The van der Waals surface area contributed by atoms with Crippen molar-refractivity contribution in [1.82, 2.24) is 10.6 Å². The molecule has 1 aromatic carbocycles. The van der Waals surface area contributed by atoms with Crippen molar-refractivity contribution in [3.05, 3.63) is 34.9 Å². The van der Waals surface area contributed by atoms with Crippen molar-refractivity contribution >= 4 is 24.0 Å². The maximum Gasteiger partial charge on any atom is 0.0623 e. The van der Waals surface area contributed by atoms with Crippen LogP contribution in [0, 0.1) is 5.92 Å². The zero-order valence-electron chi connectivity index (χ0n) is 14.7. The van der Waals surface area contributed by atoms with E-state index >= 15 is 0 Å². The van der Waals surface area contributed by atoms with E-state index in [1.165, 1.54) is 24.8 Å². The third kappa shape index (κ3) is 4.86. The molecule has 0 aromatic heterocycles. The molecule has 136 valence electrons. The Morgan fingerprint density at radius 3 is 2.67 bits per heavy atom. The predicted octanol–water partition coefficient (Wildman–Crippen LogP) is 3.79. The quantitative estimate of drug-likeness (QED) is 0.824. The van der Waals surface area contributed by atoms with Crippen LogP contribution >= 0.6 is 24.0 Å². The van der Waals surface area contributed by atoms with Crippen LogP contribution in [0.1, 0.15) is 38.7 Å². The molecule has 1 aromatic rings. The average molecular weight is 373 g/mol. The first-order chi connectivity index (χ1) is 11.1. The van der Waals surface area contributed by atoms with Crippen molar-refractivity contribution in [2.75, 3.05) is 26.3 Å². The van der Waals surface area contributed by atoms with E-state index in [0.717, 1.165) is 31.3 Å². The highest BCUT2D eigenvalue weighted by atomic mass is 35.5. The van der Waals surface area contributed by atoms with Crippen molar-refractivity contribution in [3.63, 3.8) is 0 Å². The molecule has 24 heavy (non-hydrogen) atoms. The molecule has 5 heteroatoms. The summed E-state index contributed by atoms with van der Waals surface area (Å²) in [6, 6.07) is 9.38. The Kier molecular flexibility index (Phi) is 7.39. The van der Waals surface area contributed by atoms with Crippen LogP contribution in [0.4, 0.5) is 0 Å². The van der Waals surface area contributed by atoms with E-state index in [2.05, 4.69) is 36.6 Å². The fourth-order valence-corrected chi connectivity index (χ4v) is 4.10. The maximum atomic E-state index is 6.01. The van der Waals surface area contributed by atoms with Gasteiger partial charge in [-0.1, -0.05) is 44.0 Å². The molecule has 0 radical (unpaired) electrons. The van der Waals surface area contributed by atoms with E-state index < -0.39 is 0 Å². The number of ether oxygens (including phenoxy) is 1. The van der Waals surface area contributed by atoms with Gasteiger partial charge in [-0.25, -0.2) is 0 Å². The molecule has 3 unspecified atom stereocenters. The van der Waals surface area contributed by atoms with Crippen LogP contribution in [0.3, 0.4) is 0 Å². The first kappa shape index (κ1) is 20.0. The molecule has 0 amide bonds. The highest BCUT2D eigenvalue weighted by Crippen LogP contribution is 2.31. The topological polar surface area (TPSA) is 33.3 Å². The van der Waals surface area contributed by atoms with Gasteiger partial charge in [0.05, 0.1) is 13.2 Å². The predicted molar refractivity (Wildman–Crippen MR) is 103 cm³/mol. The summed E-state index contributed by atoms with van der Waals surface area (Å²) in [4.78, 5) is 0. The minimum absolute atomic E-state index is 0. The molecule has 2 aliphatic rings. The van der Waals surface area contributed by atoms with E-state index in [-0.39, 0.29) is 17.8 Å². The Balaban J connectivity index is 0.00000208. The highest BCUT2D eigenvalue weighted by molar-refractivity contribution is 6.30. The fraction of sp³-hybridized carbons (Fsp3) is 0.684. The van der Waals surface area contributed by atoms with Gasteiger partial charge in [-0.15, -0.1) is 12.4 Å². The molecule has 0 spiro atoms. The van der Waals surface area contributed by atoms with E-state index in [1.54, 1.807) is 0 Å². The molecule has 1 saturated carbocycles. The molecule has 2 fully saturated rings. The minimum Gasteiger partial charge on any atom is -0.379 e. The van der Waals surface area contributed by atoms with Gasteiger partial charge in [0.15, 0.2) is 0 Å². The minimum atomic E-state index is 0. The van der Waals surface area contributed by atoms with Crippen LogP contribution < -0.4 is 10.6 Å². The van der Waals surface area contributed by atoms with Crippen molar-refractivity contribution in [3.8, 4) is 0 Å². The second-order valence-corrected chi connectivity index (χ2v) is 8.04. The van der Waals surface area contributed by atoms with Gasteiger partial charge in [0, 0.05) is 35.6 Å². The molecule has 1 aliphatic heterocycles. The first-order valence-electron chi connectivity index (χ1n) is 8.87. The Bertz CT molecular complexity index is 501. The van der Waals surface area contributed by atoms with Crippen molar-refractivity contribution in [2.24, 2.45) is 5.92 Å².